The summed E-state index contributed by atoms with van der Waals surface area (Å²) in [6.07, 6.45) is 1.63. The Bertz CT molecular complexity index is 564. The molecule has 2 heteroatoms. The maximum atomic E-state index is 12.2. The number of rotatable bonds is 4. The van der Waals surface area contributed by atoms with Gasteiger partial charge in [0, 0.05) is 24.6 Å². The van der Waals surface area contributed by atoms with Gasteiger partial charge in [0.2, 0.25) is 0 Å². The van der Waals surface area contributed by atoms with Crippen molar-refractivity contribution in [3.63, 3.8) is 0 Å². The molecule has 1 heterocycles. The molecule has 1 aliphatic heterocycles. The summed E-state index contributed by atoms with van der Waals surface area (Å²) in [7, 11) is 0. The summed E-state index contributed by atoms with van der Waals surface area (Å²) < 4.78 is 0. The van der Waals surface area contributed by atoms with Crippen molar-refractivity contribution in [1.82, 2.24) is 5.32 Å². The van der Waals surface area contributed by atoms with Crippen molar-refractivity contribution in [3.8, 4) is 0 Å². The molecule has 1 N–H and O–H groups in total. The predicted molar refractivity (Wildman–Crippen MR) is 81.0 cm³/mol. The third kappa shape index (κ3) is 2.97. The molecule has 0 bridgehead atoms. The third-order valence-electron chi connectivity index (χ3n) is 4.02. The van der Waals surface area contributed by atoms with E-state index in [9.17, 15) is 4.79 Å². The number of carbonyl (C=O) groups is 1. The van der Waals surface area contributed by atoms with E-state index in [0.717, 1.165) is 18.5 Å². The highest BCUT2D eigenvalue weighted by Crippen LogP contribution is 2.27. The Morgan fingerprint density at radius 2 is 1.65 bits per heavy atom. The molecule has 2 atom stereocenters. The van der Waals surface area contributed by atoms with Crippen molar-refractivity contribution in [2.24, 2.45) is 0 Å². The van der Waals surface area contributed by atoms with Gasteiger partial charge in [-0.2, -0.15) is 0 Å². The SMILES string of the molecule is O=C(CC1CC(c2ccccc2)CN1)c1ccccc1. The van der Waals surface area contributed by atoms with Gasteiger partial charge in [0.05, 0.1) is 0 Å². The first kappa shape index (κ1) is 13.1. The van der Waals surface area contributed by atoms with Crippen LogP contribution in [0.25, 0.3) is 0 Å². The predicted octanol–water partition coefficient (Wildman–Crippen LogP) is 3.41. The lowest BCUT2D eigenvalue weighted by Gasteiger charge is -2.10. The standard InChI is InChI=1S/C18H19NO/c20-18(15-9-5-2-6-10-15)12-17-11-16(13-19-17)14-7-3-1-4-8-14/h1-10,16-17,19H,11-13H2. The van der Waals surface area contributed by atoms with E-state index in [0.29, 0.717) is 18.4 Å². The highest BCUT2D eigenvalue weighted by molar-refractivity contribution is 5.96. The van der Waals surface area contributed by atoms with Crippen LogP contribution in [0.3, 0.4) is 0 Å². The molecule has 0 radical (unpaired) electrons. The van der Waals surface area contributed by atoms with E-state index in [2.05, 4.69) is 29.6 Å². The fourth-order valence-electron chi connectivity index (χ4n) is 2.92. The minimum absolute atomic E-state index is 0.233. The van der Waals surface area contributed by atoms with Gasteiger partial charge < -0.3 is 5.32 Å². The fourth-order valence-corrected chi connectivity index (χ4v) is 2.92. The second kappa shape index (κ2) is 6.02. The van der Waals surface area contributed by atoms with E-state index in [1.807, 2.05) is 36.4 Å². The number of ketones is 1. The Morgan fingerprint density at radius 1 is 1.00 bits per heavy atom. The highest BCUT2D eigenvalue weighted by atomic mass is 16.1. The van der Waals surface area contributed by atoms with Crippen LogP contribution in [0.2, 0.25) is 0 Å². The summed E-state index contributed by atoms with van der Waals surface area (Å²) in [5, 5.41) is 3.48. The quantitative estimate of drug-likeness (QED) is 0.858. The van der Waals surface area contributed by atoms with Crippen LogP contribution in [0, 0.1) is 0 Å². The van der Waals surface area contributed by atoms with E-state index in [1.54, 1.807) is 0 Å². The van der Waals surface area contributed by atoms with Gasteiger partial charge >= 0.3 is 0 Å². The minimum Gasteiger partial charge on any atom is -0.313 e. The second-order valence-corrected chi connectivity index (χ2v) is 5.44. The topological polar surface area (TPSA) is 29.1 Å². The first-order chi connectivity index (χ1) is 9.83. The van der Waals surface area contributed by atoms with Crippen LogP contribution in [0.4, 0.5) is 0 Å². The van der Waals surface area contributed by atoms with Gasteiger partial charge in [0.25, 0.3) is 0 Å². The lowest BCUT2D eigenvalue weighted by molar-refractivity contribution is 0.0971. The number of Topliss-reactive ketones (excluding diaryl/α,β-unsaturated/α-hetero) is 1. The normalized spacial score (nSPS) is 21.8. The summed E-state index contributed by atoms with van der Waals surface area (Å²) in [4.78, 5) is 12.2. The van der Waals surface area contributed by atoms with Gasteiger partial charge in [0.15, 0.2) is 5.78 Å². The van der Waals surface area contributed by atoms with Crippen LogP contribution >= 0.6 is 0 Å². The fraction of sp³-hybridized carbons (Fsp3) is 0.278. The molecular weight excluding hydrogens is 246 g/mol. The Labute approximate surface area is 119 Å². The molecule has 102 valence electrons. The Kier molecular flexibility index (Phi) is 3.93. The van der Waals surface area contributed by atoms with Crippen molar-refractivity contribution < 1.29 is 4.79 Å². The smallest absolute Gasteiger partial charge is 0.164 e. The van der Waals surface area contributed by atoms with Gasteiger partial charge in [0.1, 0.15) is 0 Å². The molecule has 2 aromatic carbocycles. The minimum atomic E-state index is 0.233. The highest BCUT2D eigenvalue weighted by Gasteiger charge is 2.26. The van der Waals surface area contributed by atoms with E-state index in [1.165, 1.54) is 5.56 Å². The molecule has 2 aromatic rings. The van der Waals surface area contributed by atoms with Gasteiger partial charge in [-0.3, -0.25) is 4.79 Å². The molecule has 1 saturated heterocycles. The van der Waals surface area contributed by atoms with Gasteiger partial charge in [-0.25, -0.2) is 0 Å². The molecule has 0 amide bonds. The molecular formula is C18H19NO. The van der Waals surface area contributed by atoms with Crippen molar-refractivity contribution in [3.05, 3.63) is 71.8 Å². The average Bonchev–Trinajstić information content (AvgIpc) is 2.97. The van der Waals surface area contributed by atoms with Crippen molar-refractivity contribution in [1.29, 1.82) is 0 Å². The molecule has 0 saturated carbocycles. The maximum absolute atomic E-state index is 12.2. The first-order valence-corrected chi connectivity index (χ1v) is 7.19. The van der Waals surface area contributed by atoms with Crippen molar-refractivity contribution in [2.75, 3.05) is 6.54 Å². The number of carbonyl (C=O) groups excluding carboxylic acids is 1. The van der Waals surface area contributed by atoms with Gasteiger partial charge in [-0.05, 0) is 17.9 Å². The number of nitrogens with one attached hydrogen (secondary N) is 1. The van der Waals surface area contributed by atoms with Crippen LogP contribution in [-0.4, -0.2) is 18.4 Å². The van der Waals surface area contributed by atoms with Gasteiger partial charge in [-0.1, -0.05) is 60.7 Å². The van der Waals surface area contributed by atoms with E-state index in [-0.39, 0.29) is 5.78 Å². The number of hydrogen-bond donors (Lipinski definition) is 1. The molecule has 1 fully saturated rings. The first-order valence-electron chi connectivity index (χ1n) is 7.19. The van der Waals surface area contributed by atoms with Crippen molar-refractivity contribution in [2.45, 2.75) is 24.8 Å². The zero-order chi connectivity index (χ0) is 13.8. The van der Waals surface area contributed by atoms with E-state index >= 15 is 0 Å². The molecule has 2 unspecified atom stereocenters. The Morgan fingerprint density at radius 3 is 2.35 bits per heavy atom. The van der Waals surface area contributed by atoms with Crippen LogP contribution < -0.4 is 5.32 Å². The van der Waals surface area contributed by atoms with Crippen molar-refractivity contribution >= 4 is 5.78 Å². The largest absolute Gasteiger partial charge is 0.313 e. The van der Waals surface area contributed by atoms with Crippen LogP contribution in [0.5, 0.6) is 0 Å². The summed E-state index contributed by atoms with van der Waals surface area (Å²) >= 11 is 0. The molecule has 3 rings (SSSR count). The monoisotopic (exact) mass is 265 g/mol. The number of benzene rings is 2. The average molecular weight is 265 g/mol. The Balaban J connectivity index is 1.60. The molecule has 1 aliphatic rings. The zero-order valence-corrected chi connectivity index (χ0v) is 11.5. The molecule has 2 nitrogen and oxygen atoms in total. The van der Waals surface area contributed by atoms with E-state index < -0.39 is 0 Å². The molecule has 0 aromatic heterocycles. The zero-order valence-electron chi connectivity index (χ0n) is 11.5. The van der Waals surface area contributed by atoms with Crippen LogP contribution in [0.15, 0.2) is 60.7 Å². The summed E-state index contributed by atoms with van der Waals surface area (Å²) in [6.45, 7) is 0.969. The second-order valence-electron chi connectivity index (χ2n) is 5.44. The van der Waals surface area contributed by atoms with Crippen LogP contribution in [0.1, 0.15) is 34.7 Å². The molecule has 20 heavy (non-hydrogen) atoms. The maximum Gasteiger partial charge on any atom is 0.164 e. The van der Waals surface area contributed by atoms with E-state index in [4.69, 9.17) is 0 Å². The summed E-state index contributed by atoms with van der Waals surface area (Å²) in [5.74, 6) is 0.765. The lowest BCUT2D eigenvalue weighted by atomic mass is 9.94. The third-order valence-corrected chi connectivity index (χ3v) is 4.02. The molecule has 0 spiro atoms. The lowest BCUT2D eigenvalue weighted by Crippen LogP contribution is -2.24. The van der Waals surface area contributed by atoms with Gasteiger partial charge in [-0.15, -0.1) is 0 Å². The molecule has 0 aliphatic carbocycles. The summed E-state index contributed by atoms with van der Waals surface area (Å²) in [6, 6.07) is 20.4. The number of hydrogen-bond acceptors (Lipinski definition) is 2. The Hall–Kier alpha value is -1.93. The van der Waals surface area contributed by atoms with Crippen LogP contribution in [-0.2, 0) is 0 Å². The summed E-state index contributed by atoms with van der Waals surface area (Å²) in [5.41, 5.74) is 2.19.